The second-order valence-electron chi connectivity index (χ2n) is 4.70. The molecule has 0 saturated carbocycles. The number of aryl methyl sites for hydroxylation is 2. The van der Waals surface area contributed by atoms with Crippen LogP contribution in [0.3, 0.4) is 0 Å². The van der Waals surface area contributed by atoms with E-state index in [0.717, 1.165) is 17.9 Å². The number of rotatable bonds is 2. The maximum absolute atomic E-state index is 4.09. The van der Waals surface area contributed by atoms with Crippen LogP contribution in [0.1, 0.15) is 37.7 Å². The fraction of sp³-hybridized carbons (Fsp3) is 0.636. The molecule has 0 bridgehead atoms. The van der Waals surface area contributed by atoms with E-state index in [9.17, 15) is 0 Å². The first-order valence-corrected chi connectivity index (χ1v) is 4.93. The van der Waals surface area contributed by atoms with Gasteiger partial charge in [0.1, 0.15) is 0 Å². The van der Waals surface area contributed by atoms with Crippen LogP contribution in [0.2, 0.25) is 0 Å². The summed E-state index contributed by atoms with van der Waals surface area (Å²) in [7, 11) is 0. The number of aromatic nitrogens is 2. The molecule has 0 aliphatic carbocycles. The van der Waals surface area contributed by atoms with Gasteiger partial charge in [-0.1, -0.05) is 0 Å². The van der Waals surface area contributed by atoms with Crippen molar-refractivity contribution in [1.82, 2.24) is 15.5 Å². The molecule has 0 fully saturated rings. The fourth-order valence-corrected chi connectivity index (χ4v) is 1.14. The summed E-state index contributed by atoms with van der Waals surface area (Å²) < 4.78 is 0. The average Bonchev–Trinajstić information content (AvgIpc) is 2.05. The van der Waals surface area contributed by atoms with Crippen molar-refractivity contribution >= 4 is 0 Å². The first-order valence-electron chi connectivity index (χ1n) is 4.93. The largest absolute Gasteiger partial charge is 0.308 e. The van der Waals surface area contributed by atoms with Gasteiger partial charge in [0, 0.05) is 12.1 Å². The molecule has 0 radical (unpaired) electrons. The standard InChI is InChI=1S/C11H19N3/c1-8-6-10(9(2)14-13-8)7-12-11(3,4)5/h6,12H,7H2,1-5H3. The molecule has 1 rings (SSSR count). The molecular weight excluding hydrogens is 174 g/mol. The van der Waals surface area contributed by atoms with Gasteiger partial charge < -0.3 is 5.32 Å². The predicted octanol–water partition coefficient (Wildman–Crippen LogP) is 1.98. The van der Waals surface area contributed by atoms with Crippen LogP contribution in [0.4, 0.5) is 0 Å². The Morgan fingerprint density at radius 2 is 1.86 bits per heavy atom. The second-order valence-corrected chi connectivity index (χ2v) is 4.70. The van der Waals surface area contributed by atoms with Crippen molar-refractivity contribution in [2.75, 3.05) is 0 Å². The molecule has 0 unspecified atom stereocenters. The topological polar surface area (TPSA) is 37.8 Å². The molecule has 0 amide bonds. The van der Waals surface area contributed by atoms with E-state index in [4.69, 9.17) is 0 Å². The molecule has 3 heteroatoms. The first-order chi connectivity index (χ1) is 6.38. The number of hydrogen-bond acceptors (Lipinski definition) is 3. The van der Waals surface area contributed by atoms with Crippen molar-refractivity contribution < 1.29 is 0 Å². The Bertz CT molecular complexity index is 313. The van der Waals surface area contributed by atoms with Gasteiger partial charge in [-0.05, 0) is 46.2 Å². The highest BCUT2D eigenvalue weighted by molar-refractivity contribution is 5.19. The third kappa shape index (κ3) is 3.42. The summed E-state index contributed by atoms with van der Waals surface area (Å²) in [5.41, 5.74) is 3.35. The van der Waals surface area contributed by atoms with Crippen molar-refractivity contribution in [1.29, 1.82) is 0 Å². The van der Waals surface area contributed by atoms with Crippen LogP contribution in [-0.2, 0) is 6.54 Å². The minimum atomic E-state index is 0.142. The fourth-order valence-electron chi connectivity index (χ4n) is 1.14. The second kappa shape index (κ2) is 4.05. The SMILES string of the molecule is Cc1cc(CNC(C)(C)C)c(C)nn1. The molecule has 1 aromatic rings. The summed E-state index contributed by atoms with van der Waals surface area (Å²) in [4.78, 5) is 0. The van der Waals surface area contributed by atoms with E-state index in [1.165, 1.54) is 5.56 Å². The summed E-state index contributed by atoms with van der Waals surface area (Å²) in [6.07, 6.45) is 0. The van der Waals surface area contributed by atoms with Crippen molar-refractivity contribution in [3.8, 4) is 0 Å². The summed E-state index contributed by atoms with van der Waals surface area (Å²) in [6, 6.07) is 2.08. The third-order valence-corrected chi connectivity index (χ3v) is 2.01. The summed E-state index contributed by atoms with van der Waals surface area (Å²) >= 11 is 0. The molecule has 0 atom stereocenters. The Kier molecular flexibility index (Phi) is 3.21. The highest BCUT2D eigenvalue weighted by Crippen LogP contribution is 2.07. The average molecular weight is 193 g/mol. The van der Waals surface area contributed by atoms with E-state index >= 15 is 0 Å². The van der Waals surface area contributed by atoms with Crippen LogP contribution >= 0.6 is 0 Å². The minimum Gasteiger partial charge on any atom is -0.308 e. The molecule has 0 aliphatic heterocycles. The van der Waals surface area contributed by atoms with Gasteiger partial charge in [-0.25, -0.2) is 0 Å². The lowest BCUT2D eigenvalue weighted by Crippen LogP contribution is -2.35. The monoisotopic (exact) mass is 193 g/mol. The van der Waals surface area contributed by atoms with Crippen molar-refractivity contribution in [2.45, 2.75) is 46.7 Å². The zero-order valence-corrected chi connectivity index (χ0v) is 9.68. The highest BCUT2D eigenvalue weighted by Gasteiger charge is 2.09. The molecule has 0 aromatic carbocycles. The molecule has 1 N–H and O–H groups in total. The van der Waals surface area contributed by atoms with Gasteiger partial charge in [0.25, 0.3) is 0 Å². The van der Waals surface area contributed by atoms with Crippen LogP contribution in [0.5, 0.6) is 0 Å². The molecule has 0 spiro atoms. The Morgan fingerprint density at radius 1 is 1.21 bits per heavy atom. The van der Waals surface area contributed by atoms with Crippen LogP contribution in [0, 0.1) is 13.8 Å². The van der Waals surface area contributed by atoms with Gasteiger partial charge in [-0.15, -0.1) is 0 Å². The zero-order chi connectivity index (χ0) is 10.8. The van der Waals surface area contributed by atoms with Gasteiger partial charge in [-0.3, -0.25) is 0 Å². The lowest BCUT2D eigenvalue weighted by Gasteiger charge is -2.21. The van der Waals surface area contributed by atoms with Crippen LogP contribution in [-0.4, -0.2) is 15.7 Å². The van der Waals surface area contributed by atoms with E-state index in [1.807, 2.05) is 13.8 Å². The van der Waals surface area contributed by atoms with Crippen LogP contribution in [0.15, 0.2) is 6.07 Å². The lowest BCUT2D eigenvalue weighted by molar-refractivity contribution is 0.423. The molecule has 1 heterocycles. The van der Waals surface area contributed by atoms with Gasteiger partial charge in [0.05, 0.1) is 11.4 Å². The molecule has 0 aliphatic rings. The summed E-state index contributed by atoms with van der Waals surface area (Å²) in [6.45, 7) is 11.3. The molecule has 14 heavy (non-hydrogen) atoms. The summed E-state index contributed by atoms with van der Waals surface area (Å²) in [5.74, 6) is 0. The van der Waals surface area contributed by atoms with Gasteiger partial charge in [0.2, 0.25) is 0 Å². The van der Waals surface area contributed by atoms with Gasteiger partial charge >= 0.3 is 0 Å². The Morgan fingerprint density at radius 3 is 2.43 bits per heavy atom. The van der Waals surface area contributed by atoms with Crippen LogP contribution < -0.4 is 5.32 Å². The Labute approximate surface area is 85.9 Å². The van der Waals surface area contributed by atoms with Crippen molar-refractivity contribution in [3.63, 3.8) is 0 Å². The molecule has 3 nitrogen and oxygen atoms in total. The van der Waals surface area contributed by atoms with Gasteiger partial charge in [0.15, 0.2) is 0 Å². The highest BCUT2D eigenvalue weighted by atomic mass is 15.1. The van der Waals surface area contributed by atoms with E-state index in [0.29, 0.717) is 0 Å². The Balaban J connectivity index is 2.72. The summed E-state index contributed by atoms with van der Waals surface area (Å²) in [5, 5.41) is 11.5. The van der Waals surface area contributed by atoms with E-state index in [-0.39, 0.29) is 5.54 Å². The number of nitrogens with one attached hydrogen (secondary N) is 1. The van der Waals surface area contributed by atoms with Gasteiger partial charge in [-0.2, -0.15) is 10.2 Å². The molecule has 0 saturated heterocycles. The number of nitrogens with zero attached hydrogens (tertiary/aromatic N) is 2. The maximum Gasteiger partial charge on any atom is 0.0645 e. The molecule has 1 aromatic heterocycles. The zero-order valence-electron chi connectivity index (χ0n) is 9.68. The van der Waals surface area contributed by atoms with E-state index in [2.05, 4.69) is 42.4 Å². The van der Waals surface area contributed by atoms with E-state index < -0.39 is 0 Å². The first kappa shape index (κ1) is 11.1. The quantitative estimate of drug-likeness (QED) is 0.780. The van der Waals surface area contributed by atoms with Crippen molar-refractivity contribution in [2.24, 2.45) is 0 Å². The molecule has 78 valence electrons. The van der Waals surface area contributed by atoms with Crippen LogP contribution in [0.25, 0.3) is 0 Å². The number of hydrogen-bond donors (Lipinski definition) is 1. The smallest absolute Gasteiger partial charge is 0.0645 e. The van der Waals surface area contributed by atoms with Crippen molar-refractivity contribution in [3.05, 3.63) is 23.0 Å². The predicted molar refractivity (Wildman–Crippen MR) is 58.1 cm³/mol. The molecular formula is C11H19N3. The lowest BCUT2D eigenvalue weighted by atomic mass is 10.1. The van der Waals surface area contributed by atoms with E-state index in [1.54, 1.807) is 0 Å². The normalized spacial score (nSPS) is 11.8. The maximum atomic E-state index is 4.09. The minimum absolute atomic E-state index is 0.142. The third-order valence-electron chi connectivity index (χ3n) is 2.01. The Hall–Kier alpha value is -0.960.